The Balaban J connectivity index is 1.52. The predicted molar refractivity (Wildman–Crippen MR) is 90.3 cm³/mol. The highest BCUT2D eigenvalue weighted by Gasteiger charge is 2.44. The normalized spacial score (nSPS) is 15.0. The number of halogens is 2. The minimum absolute atomic E-state index is 0.0160. The molecule has 1 saturated carbocycles. The number of nitrogens with one attached hydrogen (secondary N) is 2. The van der Waals surface area contributed by atoms with Crippen molar-refractivity contribution in [3.05, 3.63) is 64.9 Å². The summed E-state index contributed by atoms with van der Waals surface area (Å²) < 4.78 is 13.7. The van der Waals surface area contributed by atoms with Crippen molar-refractivity contribution in [2.75, 3.05) is 18.4 Å². The van der Waals surface area contributed by atoms with Crippen LogP contribution in [0.4, 0.5) is 10.1 Å². The number of rotatable bonds is 6. The monoisotopic (exact) mass is 332 g/mol. The minimum Gasteiger partial charge on any atom is -0.374 e. The zero-order chi connectivity index (χ0) is 16.3. The van der Waals surface area contributed by atoms with Gasteiger partial charge in [-0.05, 0) is 30.5 Å². The Morgan fingerprint density at radius 3 is 2.57 bits per heavy atom. The maximum Gasteiger partial charge on any atom is 0.239 e. The molecule has 120 valence electrons. The molecule has 3 nitrogen and oxygen atoms in total. The highest BCUT2D eigenvalue weighted by Crippen LogP contribution is 2.47. The van der Waals surface area contributed by atoms with Gasteiger partial charge in [0.2, 0.25) is 5.91 Å². The van der Waals surface area contributed by atoms with Crippen LogP contribution in [0.15, 0.2) is 48.5 Å². The minimum atomic E-state index is -0.537. The molecule has 2 aromatic rings. The summed E-state index contributed by atoms with van der Waals surface area (Å²) in [5, 5.41) is 5.75. The van der Waals surface area contributed by atoms with E-state index in [1.165, 1.54) is 11.6 Å². The average molecular weight is 333 g/mol. The lowest BCUT2D eigenvalue weighted by molar-refractivity contribution is -0.119. The summed E-state index contributed by atoms with van der Waals surface area (Å²) in [5.74, 6) is -0.698. The van der Waals surface area contributed by atoms with Gasteiger partial charge in [-0.1, -0.05) is 48.0 Å². The van der Waals surface area contributed by atoms with Gasteiger partial charge in [-0.25, -0.2) is 4.39 Å². The summed E-state index contributed by atoms with van der Waals surface area (Å²) in [6, 6.07) is 14.9. The fourth-order valence-electron chi connectivity index (χ4n) is 2.66. The molecule has 23 heavy (non-hydrogen) atoms. The number of benzene rings is 2. The number of anilines is 1. The molecule has 0 aliphatic heterocycles. The van der Waals surface area contributed by atoms with Crippen molar-refractivity contribution in [2.45, 2.75) is 18.3 Å². The van der Waals surface area contributed by atoms with Crippen LogP contribution in [0.3, 0.4) is 0 Å². The first-order valence-electron chi connectivity index (χ1n) is 7.61. The summed E-state index contributed by atoms with van der Waals surface area (Å²) in [5.41, 5.74) is 1.56. The molecular formula is C18H18ClFN2O. The molecule has 0 heterocycles. The van der Waals surface area contributed by atoms with Crippen molar-refractivity contribution >= 4 is 23.2 Å². The second-order valence-corrected chi connectivity index (χ2v) is 6.29. The van der Waals surface area contributed by atoms with Gasteiger partial charge in [-0.3, -0.25) is 4.79 Å². The van der Waals surface area contributed by atoms with Crippen molar-refractivity contribution < 1.29 is 9.18 Å². The molecule has 2 aromatic carbocycles. The van der Waals surface area contributed by atoms with Gasteiger partial charge in [0.25, 0.3) is 0 Å². The van der Waals surface area contributed by atoms with Crippen molar-refractivity contribution in [3.63, 3.8) is 0 Å². The van der Waals surface area contributed by atoms with Crippen LogP contribution in [-0.2, 0) is 10.2 Å². The van der Waals surface area contributed by atoms with Crippen LogP contribution in [0.2, 0.25) is 5.02 Å². The highest BCUT2D eigenvalue weighted by molar-refractivity contribution is 6.31. The summed E-state index contributed by atoms with van der Waals surface area (Å²) in [7, 11) is 0. The maximum absolute atomic E-state index is 13.7. The molecule has 1 aliphatic carbocycles. The first kappa shape index (κ1) is 15.8. The highest BCUT2D eigenvalue weighted by atomic mass is 35.5. The smallest absolute Gasteiger partial charge is 0.239 e. The number of carbonyl (C=O) groups excluding carboxylic acids is 1. The summed E-state index contributed by atoms with van der Waals surface area (Å²) in [6.45, 7) is 0.623. The molecule has 0 radical (unpaired) electrons. The van der Waals surface area contributed by atoms with Crippen LogP contribution >= 0.6 is 11.6 Å². The van der Waals surface area contributed by atoms with Gasteiger partial charge in [0.1, 0.15) is 0 Å². The summed E-state index contributed by atoms with van der Waals surface area (Å²) in [6.07, 6.45) is 2.15. The van der Waals surface area contributed by atoms with Gasteiger partial charge < -0.3 is 10.6 Å². The third-order valence-corrected chi connectivity index (χ3v) is 4.55. The number of hydrogen-bond acceptors (Lipinski definition) is 2. The van der Waals surface area contributed by atoms with Crippen LogP contribution < -0.4 is 10.6 Å². The number of carbonyl (C=O) groups is 1. The van der Waals surface area contributed by atoms with E-state index >= 15 is 0 Å². The Bertz CT molecular complexity index is 701. The van der Waals surface area contributed by atoms with E-state index < -0.39 is 5.82 Å². The van der Waals surface area contributed by atoms with Gasteiger partial charge in [-0.2, -0.15) is 0 Å². The van der Waals surface area contributed by atoms with E-state index in [4.69, 9.17) is 11.6 Å². The number of hydrogen-bond donors (Lipinski definition) is 2. The van der Waals surface area contributed by atoms with Gasteiger partial charge in [-0.15, -0.1) is 0 Å². The third-order valence-electron chi connectivity index (χ3n) is 4.25. The van der Waals surface area contributed by atoms with E-state index in [0.717, 1.165) is 12.8 Å². The molecule has 3 rings (SSSR count). The molecular weight excluding hydrogens is 315 g/mol. The lowest BCUT2D eigenvalue weighted by Gasteiger charge is -2.17. The molecule has 1 fully saturated rings. The lowest BCUT2D eigenvalue weighted by Crippen LogP contribution is -2.36. The Morgan fingerprint density at radius 2 is 1.87 bits per heavy atom. The Labute approximate surface area is 139 Å². The average Bonchev–Trinajstić information content (AvgIpc) is 3.36. The molecule has 1 amide bonds. The van der Waals surface area contributed by atoms with Crippen LogP contribution in [0.25, 0.3) is 0 Å². The van der Waals surface area contributed by atoms with Gasteiger partial charge in [0.15, 0.2) is 5.82 Å². The molecule has 0 saturated heterocycles. The summed E-state index contributed by atoms with van der Waals surface area (Å²) >= 11 is 5.71. The van der Waals surface area contributed by atoms with Crippen LogP contribution in [0, 0.1) is 5.82 Å². The van der Waals surface area contributed by atoms with Crippen LogP contribution in [-0.4, -0.2) is 19.0 Å². The second kappa shape index (κ2) is 6.59. The number of amides is 1. The zero-order valence-corrected chi connectivity index (χ0v) is 13.4. The fourth-order valence-corrected chi connectivity index (χ4v) is 2.83. The largest absolute Gasteiger partial charge is 0.374 e. The molecule has 0 bridgehead atoms. The van der Waals surface area contributed by atoms with Gasteiger partial charge in [0.05, 0.1) is 17.3 Å². The zero-order valence-electron chi connectivity index (χ0n) is 12.6. The van der Waals surface area contributed by atoms with E-state index in [2.05, 4.69) is 22.8 Å². The quantitative estimate of drug-likeness (QED) is 0.846. The van der Waals surface area contributed by atoms with Crippen molar-refractivity contribution in [1.29, 1.82) is 0 Å². The second-order valence-electron chi connectivity index (χ2n) is 5.88. The standard InChI is InChI=1S/C18H18ClFN2O/c19-14-7-4-8-15(17(14)20)21-11-16(23)22-12-18(9-10-18)13-5-2-1-3-6-13/h1-8,21H,9-12H2,(H,22,23). The van der Waals surface area contributed by atoms with Crippen LogP contribution in [0.5, 0.6) is 0 Å². The topological polar surface area (TPSA) is 41.1 Å². The van der Waals surface area contributed by atoms with Crippen LogP contribution in [0.1, 0.15) is 18.4 Å². The Hall–Kier alpha value is -2.07. The molecule has 0 spiro atoms. The molecule has 1 aliphatic rings. The SMILES string of the molecule is O=C(CNc1cccc(Cl)c1F)NCC1(c2ccccc2)CC1. The Kier molecular flexibility index (Phi) is 4.53. The third kappa shape index (κ3) is 3.64. The van der Waals surface area contributed by atoms with Gasteiger partial charge >= 0.3 is 0 Å². The van der Waals surface area contributed by atoms with Crippen molar-refractivity contribution in [2.24, 2.45) is 0 Å². The van der Waals surface area contributed by atoms with Gasteiger partial charge in [0, 0.05) is 12.0 Å². The molecule has 0 unspecified atom stereocenters. The van der Waals surface area contributed by atoms with E-state index in [0.29, 0.717) is 6.54 Å². The molecule has 2 N–H and O–H groups in total. The van der Waals surface area contributed by atoms with E-state index in [1.54, 1.807) is 12.1 Å². The van der Waals surface area contributed by atoms with Crippen molar-refractivity contribution in [1.82, 2.24) is 5.32 Å². The van der Waals surface area contributed by atoms with E-state index in [1.807, 2.05) is 18.2 Å². The fraction of sp³-hybridized carbons (Fsp3) is 0.278. The maximum atomic E-state index is 13.7. The Morgan fingerprint density at radius 1 is 1.13 bits per heavy atom. The first-order valence-corrected chi connectivity index (χ1v) is 7.99. The van der Waals surface area contributed by atoms with E-state index in [9.17, 15) is 9.18 Å². The summed E-state index contributed by atoms with van der Waals surface area (Å²) in [4.78, 5) is 12.0. The molecule has 0 atom stereocenters. The van der Waals surface area contributed by atoms with E-state index in [-0.39, 0.29) is 28.6 Å². The predicted octanol–water partition coefficient (Wildman–Crippen LogP) is 3.74. The lowest BCUT2D eigenvalue weighted by atomic mass is 9.96. The van der Waals surface area contributed by atoms with Crippen molar-refractivity contribution in [3.8, 4) is 0 Å². The molecule has 0 aromatic heterocycles. The molecule has 5 heteroatoms. The first-order chi connectivity index (χ1) is 11.1.